The average Bonchev–Trinajstić information content (AvgIpc) is 2.39. The van der Waals surface area contributed by atoms with Gasteiger partial charge in [0.1, 0.15) is 0 Å². The van der Waals surface area contributed by atoms with E-state index >= 15 is 0 Å². The number of carbonyl (C=O) groups is 1. The Balaban J connectivity index is 2.20. The molecule has 0 aromatic carbocycles. The van der Waals surface area contributed by atoms with Gasteiger partial charge in [-0.2, -0.15) is 0 Å². The predicted molar refractivity (Wildman–Crippen MR) is 68.3 cm³/mol. The third kappa shape index (κ3) is 3.09. The summed E-state index contributed by atoms with van der Waals surface area (Å²) in [5.74, 6) is -0.752. The highest BCUT2D eigenvalue weighted by Gasteiger charge is 2.12. The summed E-state index contributed by atoms with van der Waals surface area (Å²) in [4.78, 5) is 23.7. The van der Waals surface area contributed by atoms with Crippen molar-refractivity contribution in [2.45, 2.75) is 19.8 Å². The first-order valence-electron chi connectivity index (χ1n) is 5.80. The van der Waals surface area contributed by atoms with Gasteiger partial charge in [-0.25, -0.2) is 9.37 Å². The van der Waals surface area contributed by atoms with E-state index in [1.807, 2.05) is 13.8 Å². The Morgan fingerprint density at radius 3 is 2.74 bits per heavy atom. The van der Waals surface area contributed by atoms with Crippen LogP contribution >= 0.6 is 0 Å². The second-order valence-corrected chi connectivity index (χ2v) is 4.29. The molecular weight excluding hydrogens is 247 g/mol. The molecule has 1 N–H and O–H groups in total. The fourth-order valence-corrected chi connectivity index (χ4v) is 1.46. The summed E-state index contributed by atoms with van der Waals surface area (Å²) in [5.41, 5.74) is 0.680. The first-order chi connectivity index (χ1) is 9.08. The van der Waals surface area contributed by atoms with Gasteiger partial charge in [0, 0.05) is 12.4 Å². The molecule has 0 saturated heterocycles. The first-order valence-corrected chi connectivity index (χ1v) is 5.80. The quantitative estimate of drug-likeness (QED) is 0.920. The lowest BCUT2D eigenvalue weighted by Gasteiger charge is -2.08. The van der Waals surface area contributed by atoms with Gasteiger partial charge in [-0.1, -0.05) is 13.8 Å². The van der Waals surface area contributed by atoms with Crippen molar-refractivity contribution in [3.05, 3.63) is 47.9 Å². The molecule has 0 aliphatic carbocycles. The van der Waals surface area contributed by atoms with E-state index < -0.39 is 11.7 Å². The van der Waals surface area contributed by atoms with Crippen molar-refractivity contribution in [1.29, 1.82) is 0 Å². The van der Waals surface area contributed by atoms with Crippen LogP contribution in [0, 0.1) is 5.82 Å². The van der Waals surface area contributed by atoms with Gasteiger partial charge in [0.25, 0.3) is 5.91 Å². The van der Waals surface area contributed by atoms with E-state index in [0.717, 1.165) is 11.9 Å². The molecule has 5 nitrogen and oxygen atoms in total. The summed E-state index contributed by atoms with van der Waals surface area (Å²) in [5, 5.41) is 2.51. The second kappa shape index (κ2) is 5.51. The molecule has 0 fully saturated rings. The summed E-state index contributed by atoms with van der Waals surface area (Å²) in [6.45, 7) is 3.94. The molecular formula is C13H13FN4O. The fourth-order valence-electron chi connectivity index (χ4n) is 1.46. The van der Waals surface area contributed by atoms with Crippen LogP contribution in [0.15, 0.2) is 30.9 Å². The molecule has 0 aliphatic rings. The maximum atomic E-state index is 13.4. The molecule has 2 aromatic heterocycles. The molecule has 1 amide bonds. The van der Waals surface area contributed by atoms with Gasteiger partial charge in [-0.3, -0.25) is 14.8 Å². The average molecular weight is 260 g/mol. The Labute approximate surface area is 109 Å². The number of aromatic nitrogens is 3. The van der Waals surface area contributed by atoms with E-state index in [4.69, 9.17) is 0 Å². The maximum absolute atomic E-state index is 13.4. The van der Waals surface area contributed by atoms with Gasteiger partial charge >= 0.3 is 0 Å². The third-order valence-electron chi connectivity index (χ3n) is 2.50. The van der Waals surface area contributed by atoms with Gasteiger partial charge in [0.15, 0.2) is 11.6 Å². The molecule has 6 heteroatoms. The van der Waals surface area contributed by atoms with Crippen LogP contribution < -0.4 is 5.32 Å². The maximum Gasteiger partial charge on any atom is 0.259 e. The third-order valence-corrected chi connectivity index (χ3v) is 2.50. The molecule has 2 rings (SSSR count). The normalized spacial score (nSPS) is 10.5. The molecule has 0 radical (unpaired) electrons. The predicted octanol–water partition coefficient (Wildman–Crippen LogP) is 2.39. The van der Waals surface area contributed by atoms with Crippen LogP contribution in [-0.2, 0) is 0 Å². The van der Waals surface area contributed by atoms with Crippen molar-refractivity contribution < 1.29 is 9.18 Å². The van der Waals surface area contributed by atoms with Crippen LogP contribution in [0.1, 0.15) is 35.8 Å². The largest absolute Gasteiger partial charge is 0.305 e. The topological polar surface area (TPSA) is 67.8 Å². The minimum Gasteiger partial charge on any atom is -0.305 e. The highest BCUT2D eigenvalue weighted by atomic mass is 19.1. The second-order valence-electron chi connectivity index (χ2n) is 4.29. The molecule has 0 atom stereocenters. The summed E-state index contributed by atoms with van der Waals surface area (Å²) < 4.78 is 13.4. The zero-order valence-electron chi connectivity index (χ0n) is 10.6. The van der Waals surface area contributed by atoms with E-state index in [1.54, 1.807) is 6.20 Å². The molecule has 19 heavy (non-hydrogen) atoms. The van der Waals surface area contributed by atoms with Crippen LogP contribution in [-0.4, -0.2) is 20.9 Å². The highest BCUT2D eigenvalue weighted by Crippen LogP contribution is 2.13. The SMILES string of the molecule is CC(C)c1cncc(NC(=O)c2ccncc2F)n1. The Kier molecular flexibility index (Phi) is 3.79. The number of halogens is 1. The fraction of sp³-hybridized carbons (Fsp3) is 0.231. The van der Waals surface area contributed by atoms with Gasteiger partial charge in [-0.05, 0) is 12.0 Å². The monoisotopic (exact) mass is 260 g/mol. The minimum absolute atomic E-state index is 0.0771. The molecule has 0 bridgehead atoms. The zero-order chi connectivity index (χ0) is 13.8. The molecule has 0 saturated carbocycles. The summed E-state index contributed by atoms with van der Waals surface area (Å²) in [6.07, 6.45) is 5.40. The lowest BCUT2D eigenvalue weighted by molar-refractivity contribution is 0.102. The Morgan fingerprint density at radius 1 is 1.26 bits per heavy atom. The van der Waals surface area contributed by atoms with E-state index in [1.165, 1.54) is 18.5 Å². The van der Waals surface area contributed by atoms with Crippen LogP contribution in [0.3, 0.4) is 0 Å². The number of nitrogens with one attached hydrogen (secondary N) is 1. The van der Waals surface area contributed by atoms with E-state index in [9.17, 15) is 9.18 Å². The Bertz CT molecular complexity index is 601. The van der Waals surface area contributed by atoms with Crippen molar-refractivity contribution in [1.82, 2.24) is 15.0 Å². The lowest BCUT2D eigenvalue weighted by Crippen LogP contribution is -2.15. The molecule has 0 spiro atoms. The number of nitrogens with zero attached hydrogens (tertiary/aromatic N) is 3. The van der Waals surface area contributed by atoms with Crippen LogP contribution in [0.2, 0.25) is 0 Å². The van der Waals surface area contributed by atoms with Crippen LogP contribution in [0.4, 0.5) is 10.2 Å². The summed E-state index contributed by atoms with van der Waals surface area (Å²) in [7, 11) is 0. The number of anilines is 1. The van der Waals surface area contributed by atoms with Crippen LogP contribution in [0.25, 0.3) is 0 Å². The summed E-state index contributed by atoms with van der Waals surface area (Å²) >= 11 is 0. The van der Waals surface area contributed by atoms with E-state index in [-0.39, 0.29) is 11.5 Å². The van der Waals surface area contributed by atoms with Crippen molar-refractivity contribution in [2.75, 3.05) is 5.32 Å². The first kappa shape index (κ1) is 13.1. The van der Waals surface area contributed by atoms with Gasteiger partial charge in [-0.15, -0.1) is 0 Å². The number of pyridine rings is 1. The molecule has 2 heterocycles. The van der Waals surface area contributed by atoms with Gasteiger partial charge < -0.3 is 5.32 Å². The zero-order valence-corrected chi connectivity index (χ0v) is 10.6. The van der Waals surface area contributed by atoms with E-state index in [0.29, 0.717) is 5.82 Å². The standard InChI is InChI=1S/C13H13FN4O/c1-8(2)11-6-16-7-12(17-11)18-13(19)9-3-4-15-5-10(9)14/h3-8H,1-2H3,(H,17,18,19). The minimum atomic E-state index is -0.673. The van der Waals surface area contributed by atoms with Gasteiger partial charge in [0.2, 0.25) is 0 Å². The number of carbonyl (C=O) groups excluding carboxylic acids is 1. The summed E-state index contributed by atoms with van der Waals surface area (Å²) in [6, 6.07) is 1.31. The highest BCUT2D eigenvalue weighted by molar-refractivity contribution is 6.03. The number of rotatable bonds is 3. The molecule has 98 valence electrons. The van der Waals surface area contributed by atoms with Crippen molar-refractivity contribution in [3.8, 4) is 0 Å². The number of amides is 1. The Morgan fingerprint density at radius 2 is 2.05 bits per heavy atom. The van der Waals surface area contributed by atoms with Crippen LogP contribution in [0.5, 0.6) is 0 Å². The smallest absolute Gasteiger partial charge is 0.259 e. The van der Waals surface area contributed by atoms with Gasteiger partial charge in [0.05, 0.1) is 23.7 Å². The molecule has 0 unspecified atom stereocenters. The van der Waals surface area contributed by atoms with Crippen molar-refractivity contribution >= 4 is 11.7 Å². The Hall–Kier alpha value is -2.37. The van der Waals surface area contributed by atoms with Crippen molar-refractivity contribution in [3.63, 3.8) is 0 Å². The molecule has 2 aromatic rings. The number of hydrogen-bond donors (Lipinski definition) is 1. The lowest BCUT2D eigenvalue weighted by atomic mass is 10.1. The molecule has 0 aliphatic heterocycles. The number of hydrogen-bond acceptors (Lipinski definition) is 4. The van der Waals surface area contributed by atoms with Crippen molar-refractivity contribution in [2.24, 2.45) is 0 Å². The van der Waals surface area contributed by atoms with E-state index in [2.05, 4.69) is 20.3 Å².